The number of urea groups is 1. The van der Waals surface area contributed by atoms with E-state index in [4.69, 9.17) is 0 Å². The molecule has 1 aromatic carbocycles. The van der Waals surface area contributed by atoms with E-state index in [-0.39, 0.29) is 6.03 Å². The zero-order chi connectivity index (χ0) is 13.8. The third-order valence-electron chi connectivity index (χ3n) is 2.96. The molecule has 0 bridgehead atoms. The van der Waals surface area contributed by atoms with Crippen molar-refractivity contribution in [3.05, 3.63) is 51.7 Å². The molecule has 3 nitrogen and oxygen atoms in total. The molecule has 2 amide bonds. The molecule has 0 atom stereocenters. The summed E-state index contributed by atoms with van der Waals surface area (Å²) in [7, 11) is 1.81. The van der Waals surface area contributed by atoms with E-state index in [2.05, 4.69) is 23.7 Å². The number of aryl methyl sites for hydroxylation is 2. The van der Waals surface area contributed by atoms with Gasteiger partial charge in [-0.2, -0.15) is 0 Å². The van der Waals surface area contributed by atoms with Crippen LogP contribution in [0.15, 0.2) is 35.7 Å². The van der Waals surface area contributed by atoms with E-state index < -0.39 is 0 Å². The van der Waals surface area contributed by atoms with Crippen molar-refractivity contribution < 1.29 is 4.79 Å². The fourth-order valence-corrected chi connectivity index (χ4v) is 2.75. The second kappa shape index (κ2) is 5.89. The molecule has 1 aromatic heterocycles. The van der Waals surface area contributed by atoms with Crippen molar-refractivity contribution in [3.8, 4) is 0 Å². The molecule has 4 heteroatoms. The van der Waals surface area contributed by atoms with Gasteiger partial charge in [0.2, 0.25) is 0 Å². The fraction of sp³-hybridized carbons (Fsp3) is 0.267. The van der Waals surface area contributed by atoms with Crippen molar-refractivity contribution in [2.75, 3.05) is 12.4 Å². The van der Waals surface area contributed by atoms with Crippen LogP contribution in [0.4, 0.5) is 10.5 Å². The maximum atomic E-state index is 12.1. The minimum atomic E-state index is -0.0848. The first-order chi connectivity index (χ1) is 9.06. The molecule has 0 aliphatic heterocycles. The SMILES string of the molecule is Cc1cccc(NC(=O)N(C)Cc2sccc2C)c1. The molecule has 0 unspecified atom stereocenters. The summed E-state index contributed by atoms with van der Waals surface area (Å²) in [5.74, 6) is 0. The van der Waals surface area contributed by atoms with E-state index in [9.17, 15) is 4.79 Å². The molecule has 0 aliphatic rings. The van der Waals surface area contributed by atoms with Gasteiger partial charge in [0.15, 0.2) is 0 Å². The number of anilines is 1. The van der Waals surface area contributed by atoms with Crippen LogP contribution in [0.1, 0.15) is 16.0 Å². The number of carbonyl (C=O) groups is 1. The van der Waals surface area contributed by atoms with Gasteiger partial charge >= 0.3 is 6.03 Å². The van der Waals surface area contributed by atoms with Crippen LogP contribution in [0.5, 0.6) is 0 Å². The fourth-order valence-electron chi connectivity index (χ4n) is 1.80. The Morgan fingerprint density at radius 1 is 1.32 bits per heavy atom. The van der Waals surface area contributed by atoms with Gasteiger partial charge in [-0.15, -0.1) is 11.3 Å². The van der Waals surface area contributed by atoms with Crippen molar-refractivity contribution in [1.82, 2.24) is 4.90 Å². The van der Waals surface area contributed by atoms with Gasteiger partial charge in [-0.1, -0.05) is 12.1 Å². The standard InChI is InChI=1S/C15H18N2OS/c1-11-5-4-6-13(9-11)16-15(18)17(3)10-14-12(2)7-8-19-14/h4-9H,10H2,1-3H3,(H,16,18). The smallest absolute Gasteiger partial charge is 0.321 e. The monoisotopic (exact) mass is 274 g/mol. The number of hydrogen-bond donors (Lipinski definition) is 1. The predicted octanol–water partition coefficient (Wildman–Crippen LogP) is 4.03. The molecule has 100 valence electrons. The summed E-state index contributed by atoms with van der Waals surface area (Å²) in [6.07, 6.45) is 0. The maximum absolute atomic E-state index is 12.1. The number of hydrogen-bond acceptors (Lipinski definition) is 2. The molecule has 0 radical (unpaired) electrons. The lowest BCUT2D eigenvalue weighted by Crippen LogP contribution is -2.30. The highest BCUT2D eigenvalue weighted by Crippen LogP contribution is 2.18. The molecular weight excluding hydrogens is 256 g/mol. The van der Waals surface area contributed by atoms with Gasteiger partial charge in [-0.25, -0.2) is 4.79 Å². The molecular formula is C15H18N2OS. The van der Waals surface area contributed by atoms with Crippen LogP contribution < -0.4 is 5.32 Å². The van der Waals surface area contributed by atoms with E-state index in [1.54, 1.807) is 16.2 Å². The number of nitrogens with zero attached hydrogens (tertiary/aromatic N) is 1. The van der Waals surface area contributed by atoms with Crippen molar-refractivity contribution in [1.29, 1.82) is 0 Å². The molecule has 2 aromatic rings. The van der Waals surface area contributed by atoms with E-state index in [1.807, 2.05) is 38.2 Å². The van der Waals surface area contributed by atoms with Crippen molar-refractivity contribution in [2.45, 2.75) is 20.4 Å². The Morgan fingerprint density at radius 2 is 2.11 bits per heavy atom. The molecule has 1 N–H and O–H groups in total. The second-order valence-corrected chi connectivity index (χ2v) is 5.68. The lowest BCUT2D eigenvalue weighted by Gasteiger charge is -2.18. The maximum Gasteiger partial charge on any atom is 0.321 e. The van der Waals surface area contributed by atoms with Crippen LogP contribution in [0.2, 0.25) is 0 Å². The van der Waals surface area contributed by atoms with Crippen molar-refractivity contribution in [2.24, 2.45) is 0 Å². The Kier molecular flexibility index (Phi) is 4.22. The summed E-state index contributed by atoms with van der Waals surface area (Å²) in [6, 6.07) is 9.80. The van der Waals surface area contributed by atoms with Crippen LogP contribution in [0, 0.1) is 13.8 Å². The van der Waals surface area contributed by atoms with Gasteiger partial charge in [-0.3, -0.25) is 0 Å². The molecule has 19 heavy (non-hydrogen) atoms. The number of benzene rings is 1. The van der Waals surface area contributed by atoms with Crippen LogP contribution in [-0.4, -0.2) is 18.0 Å². The first-order valence-corrected chi connectivity index (χ1v) is 7.06. The van der Waals surface area contributed by atoms with E-state index in [0.29, 0.717) is 6.54 Å². The quantitative estimate of drug-likeness (QED) is 0.900. The molecule has 0 aliphatic carbocycles. The van der Waals surface area contributed by atoms with Gasteiger partial charge in [-0.05, 0) is 48.6 Å². The van der Waals surface area contributed by atoms with E-state index >= 15 is 0 Å². The number of nitrogens with one attached hydrogen (secondary N) is 1. The summed E-state index contributed by atoms with van der Waals surface area (Å²) in [6.45, 7) is 4.72. The van der Waals surface area contributed by atoms with Crippen LogP contribution >= 0.6 is 11.3 Å². The highest BCUT2D eigenvalue weighted by molar-refractivity contribution is 7.10. The minimum Gasteiger partial charge on any atom is -0.322 e. The van der Waals surface area contributed by atoms with Gasteiger partial charge in [0.25, 0.3) is 0 Å². The number of amides is 2. The zero-order valence-electron chi connectivity index (χ0n) is 11.4. The first kappa shape index (κ1) is 13.6. The molecule has 0 fully saturated rings. The largest absolute Gasteiger partial charge is 0.322 e. The molecule has 1 heterocycles. The van der Waals surface area contributed by atoms with Gasteiger partial charge in [0, 0.05) is 17.6 Å². The van der Waals surface area contributed by atoms with Crippen LogP contribution in [0.3, 0.4) is 0 Å². The second-order valence-electron chi connectivity index (χ2n) is 4.68. The first-order valence-electron chi connectivity index (χ1n) is 6.18. The Labute approximate surface area is 117 Å². The number of thiophene rings is 1. The third-order valence-corrected chi connectivity index (χ3v) is 3.97. The summed E-state index contributed by atoms with van der Waals surface area (Å²) >= 11 is 1.68. The Bertz CT molecular complexity index is 577. The van der Waals surface area contributed by atoms with Crippen LogP contribution in [0.25, 0.3) is 0 Å². The van der Waals surface area contributed by atoms with Crippen LogP contribution in [-0.2, 0) is 6.54 Å². The average Bonchev–Trinajstić information content (AvgIpc) is 2.75. The summed E-state index contributed by atoms with van der Waals surface area (Å²) in [5, 5.41) is 4.96. The van der Waals surface area contributed by atoms with Gasteiger partial charge in [0.1, 0.15) is 0 Å². The number of rotatable bonds is 3. The summed E-state index contributed by atoms with van der Waals surface area (Å²) in [5.41, 5.74) is 3.20. The third kappa shape index (κ3) is 3.58. The molecule has 0 saturated heterocycles. The zero-order valence-corrected chi connectivity index (χ0v) is 12.3. The van der Waals surface area contributed by atoms with E-state index in [0.717, 1.165) is 11.3 Å². The Balaban J connectivity index is 1.98. The lowest BCUT2D eigenvalue weighted by molar-refractivity contribution is 0.221. The van der Waals surface area contributed by atoms with Gasteiger partial charge < -0.3 is 10.2 Å². The highest BCUT2D eigenvalue weighted by atomic mass is 32.1. The minimum absolute atomic E-state index is 0.0848. The molecule has 0 saturated carbocycles. The Hall–Kier alpha value is -1.81. The Morgan fingerprint density at radius 3 is 2.74 bits per heavy atom. The number of carbonyl (C=O) groups excluding carboxylic acids is 1. The topological polar surface area (TPSA) is 32.3 Å². The van der Waals surface area contributed by atoms with Crippen molar-refractivity contribution >= 4 is 23.1 Å². The predicted molar refractivity (Wildman–Crippen MR) is 80.7 cm³/mol. The highest BCUT2D eigenvalue weighted by Gasteiger charge is 2.11. The van der Waals surface area contributed by atoms with Crippen molar-refractivity contribution in [3.63, 3.8) is 0 Å². The lowest BCUT2D eigenvalue weighted by atomic mass is 10.2. The average molecular weight is 274 g/mol. The molecule has 0 spiro atoms. The normalized spacial score (nSPS) is 10.3. The van der Waals surface area contributed by atoms with E-state index in [1.165, 1.54) is 10.4 Å². The summed E-state index contributed by atoms with van der Waals surface area (Å²) < 4.78 is 0. The summed E-state index contributed by atoms with van der Waals surface area (Å²) in [4.78, 5) is 15.0. The molecule has 2 rings (SSSR count). The van der Waals surface area contributed by atoms with Gasteiger partial charge in [0.05, 0.1) is 6.54 Å².